The highest BCUT2D eigenvalue weighted by molar-refractivity contribution is 6.56. The Labute approximate surface area is 200 Å². The fourth-order valence-electron chi connectivity index (χ4n) is 3.41. The zero-order chi connectivity index (χ0) is 24.9. The van der Waals surface area contributed by atoms with Crippen LogP contribution in [0.25, 0.3) is 6.08 Å². The van der Waals surface area contributed by atoms with Crippen LogP contribution in [0.3, 0.4) is 0 Å². The van der Waals surface area contributed by atoms with Crippen LogP contribution >= 0.6 is 0 Å². The van der Waals surface area contributed by atoms with Crippen LogP contribution in [-0.2, 0) is 20.7 Å². The van der Waals surface area contributed by atoms with Gasteiger partial charge in [0.1, 0.15) is 17.9 Å². The average Bonchev–Trinajstić information content (AvgIpc) is 3.02. The Kier molecular flexibility index (Phi) is 7.69. The minimum atomic E-state index is -1.13. The second kappa shape index (κ2) is 10.3. The number of hydrogen-bond acceptors (Lipinski definition) is 6. The number of carbonyl (C=O) groups excluding carboxylic acids is 1. The van der Waals surface area contributed by atoms with Crippen molar-refractivity contribution >= 4 is 25.3 Å². The molecule has 0 aromatic heterocycles. The topological polar surface area (TPSA) is 103 Å². The summed E-state index contributed by atoms with van der Waals surface area (Å²) in [6.07, 6.45) is 1.03. The lowest BCUT2D eigenvalue weighted by Crippen LogP contribution is -2.41. The van der Waals surface area contributed by atoms with E-state index in [2.05, 4.69) is 5.32 Å². The predicted octanol–water partition coefficient (Wildman–Crippen LogP) is 4.33. The number of carboxylic acid groups (broad SMARTS) is 1. The summed E-state index contributed by atoms with van der Waals surface area (Å²) in [5, 5.41) is 12.5. The minimum Gasteiger partial charge on any atom is -0.496 e. The van der Waals surface area contributed by atoms with E-state index in [9.17, 15) is 14.7 Å². The molecular formula is C25H30BNO7. The number of alkyl carbamates (subject to hydrolysis) is 1. The van der Waals surface area contributed by atoms with Crippen LogP contribution < -0.4 is 10.1 Å². The van der Waals surface area contributed by atoms with Crippen LogP contribution in [0.15, 0.2) is 54.0 Å². The third kappa shape index (κ3) is 5.79. The summed E-state index contributed by atoms with van der Waals surface area (Å²) in [7, 11) is 0.613. The number of hydrogen-bond donors (Lipinski definition) is 2. The third-order valence-electron chi connectivity index (χ3n) is 6.04. The van der Waals surface area contributed by atoms with E-state index >= 15 is 0 Å². The van der Waals surface area contributed by atoms with E-state index in [0.717, 1.165) is 5.56 Å². The molecule has 1 aliphatic heterocycles. The molecule has 0 unspecified atom stereocenters. The Morgan fingerprint density at radius 3 is 2.26 bits per heavy atom. The standard InChI is InChI=1S/C25H30BNO7/c1-24(2)25(3,4)34-26(33-24)19(14-18-12-9-13-20(31-5)21(18)22(28)29)15-27-23(30)32-16-17-10-7-6-8-11-17/h6-14H,15-16H2,1-5H3,(H,27,30)(H,28,29). The van der Waals surface area contributed by atoms with Crippen molar-refractivity contribution in [3.05, 3.63) is 70.7 Å². The average molecular weight is 467 g/mol. The molecule has 1 saturated heterocycles. The van der Waals surface area contributed by atoms with Crippen LogP contribution in [0.2, 0.25) is 0 Å². The lowest BCUT2D eigenvalue weighted by Gasteiger charge is -2.32. The number of methoxy groups -OCH3 is 1. The van der Waals surface area contributed by atoms with E-state index in [4.69, 9.17) is 18.8 Å². The van der Waals surface area contributed by atoms with Gasteiger partial charge in [0.2, 0.25) is 0 Å². The van der Waals surface area contributed by atoms with Gasteiger partial charge < -0.3 is 29.2 Å². The zero-order valence-corrected chi connectivity index (χ0v) is 20.1. The number of nitrogens with one attached hydrogen (secondary N) is 1. The maximum atomic E-state index is 12.4. The molecule has 2 aromatic rings. The smallest absolute Gasteiger partial charge is 0.492 e. The molecule has 0 aliphatic carbocycles. The molecule has 0 saturated carbocycles. The van der Waals surface area contributed by atoms with Gasteiger partial charge in [-0.05, 0) is 50.4 Å². The van der Waals surface area contributed by atoms with Crippen molar-refractivity contribution in [2.75, 3.05) is 13.7 Å². The van der Waals surface area contributed by atoms with Gasteiger partial charge in [-0.25, -0.2) is 9.59 Å². The molecule has 1 fully saturated rings. The largest absolute Gasteiger partial charge is 0.496 e. The molecule has 0 radical (unpaired) electrons. The van der Waals surface area contributed by atoms with E-state index in [0.29, 0.717) is 11.0 Å². The molecule has 0 spiro atoms. The number of amides is 1. The summed E-state index contributed by atoms with van der Waals surface area (Å²) >= 11 is 0. The Hall–Kier alpha value is -3.30. The molecule has 180 valence electrons. The summed E-state index contributed by atoms with van der Waals surface area (Å²) in [5.41, 5.74) is 0.568. The van der Waals surface area contributed by atoms with Gasteiger partial charge in [-0.2, -0.15) is 0 Å². The second-order valence-electron chi connectivity index (χ2n) is 8.95. The first kappa shape index (κ1) is 25.3. The molecule has 34 heavy (non-hydrogen) atoms. The maximum Gasteiger partial charge on any atom is 0.492 e. The minimum absolute atomic E-state index is 0.00525. The van der Waals surface area contributed by atoms with Gasteiger partial charge in [-0.3, -0.25) is 0 Å². The van der Waals surface area contributed by atoms with Crippen molar-refractivity contribution in [2.24, 2.45) is 0 Å². The van der Waals surface area contributed by atoms with Gasteiger partial charge in [0, 0.05) is 6.54 Å². The molecule has 9 heteroatoms. The molecule has 8 nitrogen and oxygen atoms in total. The summed E-state index contributed by atoms with van der Waals surface area (Å²) in [4.78, 5) is 24.3. The van der Waals surface area contributed by atoms with E-state index in [-0.39, 0.29) is 24.5 Å². The number of aromatic carboxylic acids is 1. The number of benzene rings is 2. The van der Waals surface area contributed by atoms with E-state index in [1.165, 1.54) is 7.11 Å². The van der Waals surface area contributed by atoms with Crippen molar-refractivity contribution in [2.45, 2.75) is 45.5 Å². The van der Waals surface area contributed by atoms with Crippen LogP contribution in [0.1, 0.15) is 49.2 Å². The van der Waals surface area contributed by atoms with Crippen molar-refractivity contribution in [1.29, 1.82) is 0 Å². The fourth-order valence-corrected chi connectivity index (χ4v) is 3.41. The van der Waals surface area contributed by atoms with Crippen LogP contribution in [0.4, 0.5) is 4.79 Å². The van der Waals surface area contributed by atoms with Crippen molar-refractivity contribution in [1.82, 2.24) is 5.32 Å². The van der Waals surface area contributed by atoms with E-state index in [1.54, 1.807) is 24.3 Å². The molecule has 1 aliphatic rings. The van der Waals surface area contributed by atoms with E-state index < -0.39 is 30.4 Å². The molecule has 2 aromatic carbocycles. The van der Waals surface area contributed by atoms with Crippen molar-refractivity contribution in [3.8, 4) is 5.75 Å². The first-order valence-corrected chi connectivity index (χ1v) is 10.9. The Bertz CT molecular complexity index is 1050. The summed E-state index contributed by atoms with van der Waals surface area (Å²) in [6.45, 7) is 7.82. The number of ether oxygens (including phenoxy) is 2. The van der Waals surface area contributed by atoms with Gasteiger partial charge in [0.25, 0.3) is 0 Å². The first-order chi connectivity index (χ1) is 16.0. The highest BCUT2D eigenvalue weighted by atomic mass is 16.7. The summed E-state index contributed by atoms with van der Waals surface area (Å²) in [5.74, 6) is -0.906. The quantitative estimate of drug-likeness (QED) is 0.557. The molecule has 1 amide bonds. The maximum absolute atomic E-state index is 12.4. The lowest BCUT2D eigenvalue weighted by atomic mass is 9.76. The zero-order valence-electron chi connectivity index (χ0n) is 20.1. The van der Waals surface area contributed by atoms with Gasteiger partial charge >= 0.3 is 19.2 Å². The SMILES string of the molecule is COc1cccc(C=C(CNC(=O)OCc2ccccc2)B2OC(C)(C)C(C)(C)O2)c1C(=O)O. The summed E-state index contributed by atoms with van der Waals surface area (Å²) < 4.78 is 22.8. The number of carboxylic acids is 1. The number of rotatable bonds is 8. The molecule has 0 atom stereocenters. The normalized spacial score (nSPS) is 16.7. The first-order valence-electron chi connectivity index (χ1n) is 10.9. The van der Waals surface area contributed by atoms with Crippen molar-refractivity contribution < 1.29 is 33.5 Å². The third-order valence-corrected chi connectivity index (χ3v) is 6.04. The van der Waals surface area contributed by atoms with Crippen molar-refractivity contribution in [3.63, 3.8) is 0 Å². The van der Waals surface area contributed by atoms with Gasteiger partial charge in [-0.15, -0.1) is 0 Å². The lowest BCUT2D eigenvalue weighted by molar-refractivity contribution is 0.00578. The highest BCUT2D eigenvalue weighted by Gasteiger charge is 2.52. The van der Waals surface area contributed by atoms with Crippen LogP contribution in [-0.4, -0.2) is 49.1 Å². The Balaban J connectivity index is 1.85. The van der Waals surface area contributed by atoms with Gasteiger partial charge in [0.15, 0.2) is 0 Å². The van der Waals surface area contributed by atoms with Crippen LogP contribution in [0.5, 0.6) is 5.75 Å². The molecule has 0 bridgehead atoms. The second-order valence-corrected chi connectivity index (χ2v) is 8.95. The molecule has 2 N–H and O–H groups in total. The number of carbonyl (C=O) groups is 2. The van der Waals surface area contributed by atoms with Gasteiger partial charge in [-0.1, -0.05) is 48.5 Å². The Morgan fingerprint density at radius 2 is 1.68 bits per heavy atom. The highest BCUT2D eigenvalue weighted by Crippen LogP contribution is 2.39. The molecule has 3 rings (SSSR count). The van der Waals surface area contributed by atoms with Crippen LogP contribution in [0, 0.1) is 0 Å². The van der Waals surface area contributed by atoms with E-state index in [1.807, 2.05) is 58.0 Å². The summed E-state index contributed by atoms with van der Waals surface area (Å²) in [6, 6.07) is 14.3. The molecule has 1 heterocycles. The molecular weight excluding hydrogens is 437 g/mol. The monoisotopic (exact) mass is 467 g/mol. The fraction of sp³-hybridized carbons (Fsp3) is 0.360. The van der Waals surface area contributed by atoms with Gasteiger partial charge in [0.05, 0.1) is 18.3 Å². The predicted molar refractivity (Wildman–Crippen MR) is 129 cm³/mol. The Morgan fingerprint density at radius 1 is 1.03 bits per heavy atom.